The number of amides is 1. The van der Waals surface area contributed by atoms with Crippen LogP contribution in [0, 0.1) is 6.92 Å². The Labute approximate surface area is 140 Å². The van der Waals surface area contributed by atoms with Crippen molar-refractivity contribution < 1.29 is 9.53 Å². The summed E-state index contributed by atoms with van der Waals surface area (Å²) in [5.41, 5.74) is 1.13. The minimum Gasteiger partial charge on any atom is -0.383 e. The van der Waals surface area contributed by atoms with Gasteiger partial charge in [0.1, 0.15) is 11.2 Å². The summed E-state index contributed by atoms with van der Waals surface area (Å²) in [4.78, 5) is 28.5. The van der Waals surface area contributed by atoms with Crippen LogP contribution in [0.4, 0.5) is 0 Å². The second-order valence-corrected chi connectivity index (χ2v) is 4.91. The zero-order valence-electron chi connectivity index (χ0n) is 13.2. The predicted octanol–water partition coefficient (Wildman–Crippen LogP) is 0.391. The monoisotopic (exact) mass is 340 g/mol. The first kappa shape index (κ1) is 19.1. The molecular weight excluding hydrogens is 320 g/mol. The van der Waals surface area contributed by atoms with Crippen LogP contribution in [0.3, 0.4) is 0 Å². The molecule has 2 heterocycles. The summed E-state index contributed by atoms with van der Waals surface area (Å²) >= 11 is 0. The maximum Gasteiger partial charge on any atom is 0.270 e. The highest BCUT2D eigenvalue weighted by Crippen LogP contribution is 2.01. The SMILES string of the molecule is COCCNCCNC(=O)c1cnc2ccc(C)cn2c1=O.Cl. The van der Waals surface area contributed by atoms with Gasteiger partial charge in [-0.15, -0.1) is 12.4 Å². The first-order valence-electron chi connectivity index (χ1n) is 7.09. The van der Waals surface area contributed by atoms with Crippen LogP contribution < -0.4 is 16.2 Å². The first-order chi connectivity index (χ1) is 10.6. The Morgan fingerprint density at radius 1 is 1.30 bits per heavy atom. The second-order valence-electron chi connectivity index (χ2n) is 4.91. The zero-order chi connectivity index (χ0) is 15.9. The maximum atomic E-state index is 12.3. The van der Waals surface area contributed by atoms with E-state index in [-0.39, 0.29) is 23.5 Å². The molecule has 2 N–H and O–H groups in total. The smallest absolute Gasteiger partial charge is 0.270 e. The molecule has 2 rings (SSSR count). The predicted molar refractivity (Wildman–Crippen MR) is 90.5 cm³/mol. The summed E-state index contributed by atoms with van der Waals surface area (Å²) in [6.45, 7) is 4.24. The molecule has 0 fully saturated rings. The molecule has 0 aliphatic carbocycles. The molecule has 0 aliphatic rings. The fourth-order valence-corrected chi connectivity index (χ4v) is 2.00. The van der Waals surface area contributed by atoms with Crippen LogP contribution >= 0.6 is 12.4 Å². The molecule has 0 spiro atoms. The maximum absolute atomic E-state index is 12.3. The van der Waals surface area contributed by atoms with E-state index in [0.29, 0.717) is 31.9 Å². The molecular formula is C15H21ClN4O3. The summed E-state index contributed by atoms with van der Waals surface area (Å²) in [5.74, 6) is -0.415. The number of pyridine rings is 1. The molecule has 2 aromatic heterocycles. The largest absolute Gasteiger partial charge is 0.383 e. The van der Waals surface area contributed by atoms with Gasteiger partial charge in [-0.2, -0.15) is 0 Å². The number of nitrogens with one attached hydrogen (secondary N) is 2. The van der Waals surface area contributed by atoms with Crippen LogP contribution in [0.2, 0.25) is 0 Å². The molecule has 126 valence electrons. The molecule has 0 bridgehead atoms. The molecule has 0 aliphatic heterocycles. The molecule has 0 aromatic carbocycles. The van der Waals surface area contributed by atoms with Gasteiger partial charge in [0, 0.05) is 39.1 Å². The van der Waals surface area contributed by atoms with E-state index in [1.807, 2.05) is 13.0 Å². The lowest BCUT2D eigenvalue weighted by molar-refractivity contribution is 0.0951. The third kappa shape index (κ3) is 5.02. The van der Waals surface area contributed by atoms with Crippen LogP contribution in [0.1, 0.15) is 15.9 Å². The lowest BCUT2D eigenvalue weighted by Crippen LogP contribution is -2.36. The third-order valence-corrected chi connectivity index (χ3v) is 3.16. The molecule has 2 aromatic rings. The van der Waals surface area contributed by atoms with Crippen molar-refractivity contribution >= 4 is 24.0 Å². The van der Waals surface area contributed by atoms with Crippen molar-refractivity contribution in [1.29, 1.82) is 0 Å². The molecule has 7 nitrogen and oxygen atoms in total. The number of fused-ring (bicyclic) bond motifs is 1. The van der Waals surface area contributed by atoms with Gasteiger partial charge < -0.3 is 15.4 Å². The molecule has 0 radical (unpaired) electrons. The molecule has 0 unspecified atom stereocenters. The van der Waals surface area contributed by atoms with E-state index >= 15 is 0 Å². The van der Waals surface area contributed by atoms with Crippen LogP contribution in [0.5, 0.6) is 0 Å². The summed E-state index contributed by atoms with van der Waals surface area (Å²) in [7, 11) is 1.63. The summed E-state index contributed by atoms with van der Waals surface area (Å²) in [5, 5.41) is 5.81. The molecule has 1 amide bonds. The van der Waals surface area contributed by atoms with Crippen molar-refractivity contribution in [3.8, 4) is 0 Å². The normalized spacial score (nSPS) is 10.3. The number of ether oxygens (including phenoxy) is 1. The number of rotatable bonds is 7. The average Bonchev–Trinajstić information content (AvgIpc) is 2.51. The Morgan fingerprint density at radius 3 is 2.83 bits per heavy atom. The standard InChI is InChI=1S/C15H20N4O3.ClH/c1-11-3-4-13-18-9-12(15(21)19(13)10-11)14(20)17-6-5-16-7-8-22-2;/h3-4,9-10,16H,5-8H2,1-2H3,(H,17,20);1H. The van der Waals surface area contributed by atoms with Crippen LogP contribution in [-0.2, 0) is 4.74 Å². The van der Waals surface area contributed by atoms with Crippen molar-refractivity contribution in [2.24, 2.45) is 0 Å². The van der Waals surface area contributed by atoms with Crippen molar-refractivity contribution in [3.63, 3.8) is 0 Å². The quantitative estimate of drug-likeness (QED) is 0.712. The second kappa shape index (κ2) is 9.24. The van der Waals surface area contributed by atoms with Gasteiger partial charge in [0.15, 0.2) is 0 Å². The first-order valence-corrected chi connectivity index (χ1v) is 7.09. The van der Waals surface area contributed by atoms with Gasteiger partial charge in [0.25, 0.3) is 11.5 Å². The van der Waals surface area contributed by atoms with Crippen LogP contribution in [-0.4, -0.2) is 48.6 Å². The van der Waals surface area contributed by atoms with Crippen molar-refractivity contribution in [2.45, 2.75) is 6.92 Å². The van der Waals surface area contributed by atoms with Crippen molar-refractivity contribution in [2.75, 3.05) is 33.4 Å². The fourth-order valence-electron chi connectivity index (χ4n) is 2.00. The number of aryl methyl sites for hydroxylation is 1. The summed E-state index contributed by atoms with van der Waals surface area (Å²) in [6.07, 6.45) is 2.99. The molecule has 8 heteroatoms. The fraction of sp³-hybridized carbons (Fsp3) is 0.400. The highest BCUT2D eigenvalue weighted by atomic mass is 35.5. The Morgan fingerprint density at radius 2 is 2.09 bits per heavy atom. The van der Waals surface area contributed by atoms with Gasteiger partial charge in [-0.3, -0.25) is 14.0 Å². The summed E-state index contributed by atoms with van der Waals surface area (Å²) in [6, 6.07) is 3.62. The van der Waals surface area contributed by atoms with Gasteiger partial charge in [-0.1, -0.05) is 6.07 Å². The van der Waals surface area contributed by atoms with Gasteiger partial charge in [-0.25, -0.2) is 4.98 Å². The zero-order valence-corrected chi connectivity index (χ0v) is 14.0. The van der Waals surface area contributed by atoms with E-state index in [4.69, 9.17) is 4.74 Å². The number of halogens is 1. The number of nitrogens with zero attached hydrogens (tertiary/aromatic N) is 2. The Balaban J connectivity index is 0.00000264. The van der Waals surface area contributed by atoms with Gasteiger partial charge in [0.05, 0.1) is 6.61 Å². The number of methoxy groups -OCH3 is 1. The molecule has 0 saturated heterocycles. The van der Waals surface area contributed by atoms with Gasteiger partial charge in [-0.05, 0) is 18.6 Å². The highest BCUT2D eigenvalue weighted by molar-refractivity contribution is 5.93. The minimum atomic E-state index is -0.415. The van der Waals surface area contributed by atoms with E-state index in [0.717, 1.165) is 5.56 Å². The van der Waals surface area contributed by atoms with E-state index in [1.54, 1.807) is 19.4 Å². The number of carbonyl (C=O) groups excluding carboxylic acids is 1. The number of aromatic nitrogens is 2. The highest BCUT2D eigenvalue weighted by Gasteiger charge is 2.12. The molecule has 0 atom stereocenters. The number of carbonyl (C=O) groups is 1. The van der Waals surface area contributed by atoms with E-state index in [9.17, 15) is 9.59 Å². The van der Waals surface area contributed by atoms with E-state index in [1.165, 1.54) is 10.6 Å². The average molecular weight is 341 g/mol. The van der Waals surface area contributed by atoms with E-state index < -0.39 is 5.91 Å². The van der Waals surface area contributed by atoms with E-state index in [2.05, 4.69) is 15.6 Å². The Hall–Kier alpha value is -1.96. The topological polar surface area (TPSA) is 84.7 Å². The van der Waals surface area contributed by atoms with Gasteiger partial charge >= 0.3 is 0 Å². The lowest BCUT2D eigenvalue weighted by atomic mass is 10.2. The Bertz CT molecular complexity index is 717. The van der Waals surface area contributed by atoms with Crippen molar-refractivity contribution in [1.82, 2.24) is 20.0 Å². The molecule has 23 heavy (non-hydrogen) atoms. The minimum absolute atomic E-state index is 0. The van der Waals surface area contributed by atoms with Crippen LogP contribution in [0.25, 0.3) is 5.65 Å². The number of hydrogen-bond acceptors (Lipinski definition) is 5. The van der Waals surface area contributed by atoms with Crippen molar-refractivity contribution in [3.05, 3.63) is 46.0 Å². The summed E-state index contributed by atoms with van der Waals surface area (Å²) < 4.78 is 6.29. The number of hydrogen-bond donors (Lipinski definition) is 2. The van der Waals surface area contributed by atoms with Gasteiger partial charge in [0.2, 0.25) is 0 Å². The Kier molecular flexibility index (Phi) is 7.67. The third-order valence-electron chi connectivity index (χ3n) is 3.16. The van der Waals surface area contributed by atoms with Crippen LogP contribution in [0.15, 0.2) is 29.3 Å². The molecule has 0 saturated carbocycles. The lowest BCUT2D eigenvalue weighted by Gasteiger charge is -2.07.